The summed E-state index contributed by atoms with van der Waals surface area (Å²) in [7, 11) is 0. The predicted molar refractivity (Wildman–Crippen MR) is 109 cm³/mol. The first-order valence-corrected chi connectivity index (χ1v) is 9.84. The van der Waals surface area contributed by atoms with E-state index in [0.29, 0.717) is 19.4 Å². The van der Waals surface area contributed by atoms with E-state index in [1.54, 1.807) is 11.1 Å². The maximum absolute atomic E-state index is 12.5. The highest BCUT2D eigenvalue weighted by Crippen LogP contribution is 2.20. The fourth-order valence-corrected chi connectivity index (χ4v) is 3.41. The number of rotatable bonds is 3. The zero-order valence-electron chi connectivity index (χ0n) is 17.1. The van der Waals surface area contributed by atoms with E-state index in [4.69, 9.17) is 4.74 Å². The Kier molecular flexibility index (Phi) is 6.10. The Morgan fingerprint density at radius 2 is 1.97 bits per heavy atom. The Bertz CT molecular complexity index is 899. The lowest BCUT2D eigenvalue weighted by atomic mass is 9.98. The normalized spacial score (nSPS) is 17.1. The molecule has 0 aliphatic carbocycles. The lowest BCUT2D eigenvalue weighted by Gasteiger charge is -2.33. The number of hydrogen-bond donors (Lipinski definition) is 3. The van der Waals surface area contributed by atoms with Gasteiger partial charge in [-0.15, -0.1) is 0 Å². The van der Waals surface area contributed by atoms with Crippen LogP contribution in [0.3, 0.4) is 0 Å². The lowest BCUT2D eigenvalue weighted by Crippen LogP contribution is -2.50. The van der Waals surface area contributed by atoms with Gasteiger partial charge in [-0.2, -0.15) is 0 Å². The number of nitrogens with zero attached hydrogens (tertiary/aromatic N) is 1. The number of fused-ring (bicyclic) bond motifs is 1. The molecule has 0 spiro atoms. The van der Waals surface area contributed by atoms with Gasteiger partial charge in [-0.1, -0.05) is 18.2 Å². The van der Waals surface area contributed by atoms with Gasteiger partial charge in [0, 0.05) is 30.2 Å². The maximum atomic E-state index is 12.5. The summed E-state index contributed by atoms with van der Waals surface area (Å²) in [6.45, 7) is 6.26. The third-order valence-electron chi connectivity index (χ3n) is 4.79. The molecule has 0 bridgehead atoms. The van der Waals surface area contributed by atoms with Crippen LogP contribution in [0.5, 0.6) is 0 Å². The minimum absolute atomic E-state index is 0.152. The molecular weight excluding hydrogens is 372 g/mol. The number of para-hydroxylation sites is 1. The van der Waals surface area contributed by atoms with Gasteiger partial charge in [0.25, 0.3) is 0 Å². The van der Waals surface area contributed by atoms with E-state index in [1.165, 1.54) is 0 Å². The van der Waals surface area contributed by atoms with Crippen LogP contribution in [0.4, 0.5) is 4.79 Å². The van der Waals surface area contributed by atoms with Crippen LogP contribution in [0.25, 0.3) is 10.9 Å². The number of piperidine rings is 1. The standard InChI is InChI=1S/C21H28N4O4/c1-21(2,3)29-20(28)25-10-6-7-14(13-25)19(27)24-23-18(26)11-15-12-22-17-9-5-4-8-16(15)17/h4-5,8-9,12,14,22H,6-7,10-11,13H2,1-3H3,(H,23,26)(H,24,27)/t14-/m0/s1. The molecule has 1 atom stereocenters. The van der Waals surface area contributed by atoms with Crippen molar-refractivity contribution in [1.29, 1.82) is 0 Å². The summed E-state index contributed by atoms with van der Waals surface area (Å²) in [6, 6.07) is 7.73. The topological polar surface area (TPSA) is 104 Å². The zero-order chi connectivity index (χ0) is 21.0. The summed E-state index contributed by atoms with van der Waals surface area (Å²) in [4.78, 5) is 41.6. The van der Waals surface area contributed by atoms with E-state index in [-0.39, 0.29) is 30.7 Å². The van der Waals surface area contributed by atoms with Crippen molar-refractivity contribution in [2.45, 2.75) is 45.6 Å². The molecule has 0 unspecified atom stereocenters. The minimum Gasteiger partial charge on any atom is -0.444 e. The van der Waals surface area contributed by atoms with Crippen molar-refractivity contribution in [3.8, 4) is 0 Å². The van der Waals surface area contributed by atoms with Crippen molar-refractivity contribution in [3.05, 3.63) is 36.0 Å². The molecule has 1 aliphatic rings. The van der Waals surface area contributed by atoms with E-state index in [9.17, 15) is 14.4 Å². The van der Waals surface area contributed by atoms with Gasteiger partial charge < -0.3 is 14.6 Å². The molecule has 1 saturated heterocycles. The van der Waals surface area contributed by atoms with Gasteiger partial charge in [-0.05, 0) is 45.2 Å². The Morgan fingerprint density at radius 3 is 2.72 bits per heavy atom. The summed E-state index contributed by atoms with van der Waals surface area (Å²) in [5.74, 6) is -0.988. The van der Waals surface area contributed by atoms with Crippen molar-refractivity contribution >= 4 is 28.8 Å². The average Bonchev–Trinajstić information content (AvgIpc) is 3.08. The molecule has 2 heterocycles. The van der Waals surface area contributed by atoms with Crippen LogP contribution in [0, 0.1) is 5.92 Å². The number of hydrogen-bond acceptors (Lipinski definition) is 4. The van der Waals surface area contributed by atoms with E-state index in [0.717, 1.165) is 16.5 Å². The van der Waals surface area contributed by atoms with Gasteiger partial charge in [0.2, 0.25) is 11.8 Å². The predicted octanol–water partition coefficient (Wildman–Crippen LogP) is 2.50. The molecule has 3 N–H and O–H groups in total. The summed E-state index contributed by atoms with van der Waals surface area (Å²) < 4.78 is 5.38. The molecule has 2 aromatic rings. The van der Waals surface area contributed by atoms with Crippen LogP contribution in [0.2, 0.25) is 0 Å². The molecule has 29 heavy (non-hydrogen) atoms. The first-order chi connectivity index (χ1) is 13.7. The number of aromatic amines is 1. The van der Waals surface area contributed by atoms with Crippen molar-refractivity contribution in [3.63, 3.8) is 0 Å². The van der Waals surface area contributed by atoms with Gasteiger partial charge in [-0.25, -0.2) is 4.79 Å². The van der Waals surface area contributed by atoms with Gasteiger partial charge in [0.15, 0.2) is 0 Å². The van der Waals surface area contributed by atoms with Crippen molar-refractivity contribution in [2.24, 2.45) is 5.92 Å². The molecule has 8 nitrogen and oxygen atoms in total. The highest BCUT2D eigenvalue weighted by Gasteiger charge is 2.31. The molecular formula is C21H28N4O4. The van der Waals surface area contributed by atoms with Crippen LogP contribution >= 0.6 is 0 Å². The minimum atomic E-state index is -0.581. The van der Waals surface area contributed by atoms with Crippen LogP contribution in [0.15, 0.2) is 30.5 Å². The number of aromatic nitrogens is 1. The average molecular weight is 400 g/mol. The first kappa shape index (κ1) is 20.7. The number of carbonyl (C=O) groups is 3. The quantitative estimate of drug-likeness (QED) is 0.689. The third kappa shape index (κ3) is 5.49. The molecule has 1 aromatic heterocycles. The van der Waals surface area contributed by atoms with Crippen LogP contribution in [-0.4, -0.2) is 46.5 Å². The molecule has 0 saturated carbocycles. The smallest absolute Gasteiger partial charge is 0.410 e. The number of hydrazine groups is 1. The number of nitrogens with one attached hydrogen (secondary N) is 3. The Labute approximate surface area is 169 Å². The van der Waals surface area contributed by atoms with Crippen molar-refractivity contribution in [1.82, 2.24) is 20.7 Å². The number of ether oxygens (including phenoxy) is 1. The third-order valence-corrected chi connectivity index (χ3v) is 4.79. The monoisotopic (exact) mass is 400 g/mol. The van der Waals surface area contributed by atoms with E-state index in [2.05, 4.69) is 15.8 Å². The van der Waals surface area contributed by atoms with Crippen LogP contribution in [-0.2, 0) is 20.7 Å². The molecule has 3 rings (SSSR count). The SMILES string of the molecule is CC(C)(C)OC(=O)N1CCC[C@H](C(=O)NNC(=O)Cc2c[nH]c3ccccc23)C1. The molecule has 3 amide bonds. The van der Waals surface area contributed by atoms with Gasteiger partial charge in [0.05, 0.1) is 12.3 Å². The first-order valence-electron chi connectivity index (χ1n) is 9.84. The summed E-state index contributed by atoms with van der Waals surface area (Å²) in [5.41, 5.74) is 6.21. The fourth-order valence-electron chi connectivity index (χ4n) is 3.41. The number of benzene rings is 1. The van der Waals surface area contributed by atoms with Gasteiger partial charge in [0.1, 0.15) is 5.60 Å². The zero-order valence-corrected chi connectivity index (χ0v) is 17.1. The van der Waals surface area contributed by atoms with Crippen molar-refractivity contribution in [2.75, 3.05) is 13.1 Å². The Morgan fingerprint density at radius 1 is 1.21 bits per heavy atom. The number of amides is 3. The number of likely N-dealkylation sites (tertiary alicyclic amines) is 1. The second kappa shape index (κ2) is 8.55. The van der Waals surface area contributed by atoms with Crippen molar-refractivity contribution < 1.29 is 19.1 Å². The summed E-state index contributed by atoms with van der Waals surface area (Å²) in [6.07, 6.45) is 2.90. The Hall–Kier alpha value is -3.03. The molecule has 1 aromatic carbocycles. The molecule has 156 valence electrons. The fraction of sp³-hybridized carbons (Fsp3) is 0.476. The van der Waals surface area contributed by atoms with Gasteiger partial charge >= 0.3 is 6.09 Å². The second-order valence-electron chi connectivity index (χ2n) is 8.34. The number of H-pyrrole nitrogens is 1. The summed E-state index contributed by atoms with van der Waals surface area (Å²) in [5, 5.41) is 0.981. The molecule has 1 aliphatic heterocycles. The number of carbonyl (C=O) groups excluding carboxylic acids is 3. The largest absolute Gasteiger partial charge is 0.444 e. The van der Waals surface area contributed by atoms with E-state index in [1.807, 2.05) is 45.0 Å². The molecule has 1 fully saturated rings. The van der Waals surface area contributed by atoms with Crippen LogP contribution < -0.4 is 10.9 Å². The highest BCUT2D eigenvalue weighted by atomic mass is 16.6. The van der Waals surface area contributed by atoms with E-state index >= 15 is 0 Å². The van der Waals surface area contributed by atoms with Crippen LogP contribution in [0.1, 0.15) is 39.2 Å². The van der Waals surface area contributed by atoms with E-state index < -0.39 is 11.7 Å². The lowest BCUT2D eigenvalue weighted by molar-refractivity contribution is -0.132. The Balaban J connectivity index is 1.49. The highest BCUT2D eigenvalue weighted by molar-refractivity contribution is 5.90. The summed E-state index contributed by atoms with van der Waals surface area (Å²) >= 11 is 0. The molecule has 0 radical (unpaired) electrons. The van der Waals surface area contributed by atoms with Gasteiger partial charge in [-0.3, -0.25) is 20.4 Å². The second-order valence-corrected chi connectivity index (χ2v) is 8.34. The molecule has 8 heteroatoms. The maximum Gasteiger partial charge on any atom is 0.410 e.